The first-order valence-corrected chi connectivity index (χ1v) is 8.72. The number of ether oxygens (including phenoxy) is 2. The number of hydrogen-bond donors (Lipinski definition) is 2. The Morgan fingerprint density at radius 2 is 2.04 bits per heavy atom. The second-order valence-electron chi connectivity index (χ2n) is 6.17. The zero-order chi connectivity index (χ0) is 19.1. The normalized spacial score (nSPS) is 12.4. The molecule has 0 unspecified atom stereocenters. The molecule has 2 aromatic carbocycles. The highest BCUT2D eigenvalue weighted by molar-refractivity contribution is 5.97. The van der Waals surface area contributed by atoms with Gasteiger partial charge in [0.1, 0.15) is 11.6 Å². The van der Waals surface area contributed by atoms with Crippen LogP contribution in [0.4, 0.5) is 0 Å². The zero-order valence-corrected chi connectivity index (χ0v) is 15.1. The van der Waals surface area contributed by atoms with E-state index in [1.54, 1.807) is 6.07 Å². The molecule has 1 aliphatic rings. The van der Waals surface area contributed by atoms with Gasteiger partial charge in [0.25, 0.3) is 5.91 Å². The van der Waals surface area contributed by atoms with Gasteiger partial charge in [-0.25, -0.2) is 0 Å². The molecule has 0 aliphatic carbocycles. The van der Waals surface area contributed by atoms with Gasteiger partial charge < -0.3 is 20.1 Å². The van der Waals surface area contributed by atoms with Crippen LogP contribution in [-0.4, -0.2) is 19.2 Å². The summed E-state index contributed by atoms with van der Waals surface area (Å²) in [6.07, 6.45) is 2.29. The second-order valence-corrected chi connectivity index (χ2v) is 6.17. The summed E-state index contributed by atoms with van der Waals surface area (Å²) >= 11 is 0. The lowest BCUT2D eigenvalue weighted by atomic mass is 10.1. The third kappa shape index (κ3) is 4.79. The summed E-state index contributed by atoms with van der Waals surface area (Å²) in [5, 5.41) is 15.0. The maximum Gasteiger partial charge on any atom is 0.263 e. The lowest BCUT2D eigenvalue weighted by Crippen LogP contribution is -2.25. The van der Waals surface area contributed by atoms with E-state index in [4.69, 9.17) is 9.47 Å². The van der Waals surface area contributed by atoms with Crippen LogP contribution in [0.1, 0.15) is 16.7 Å². The summed E-state index contributed by atoms with van der Waals surface area (Å²) in [4.78, 5) is 12.2. The van der Waals surface area contributed by atoms with Gasteiger partial charge in [0.2, 0.25) is 6.79 Å². The zero-order valence-electron chi connectivity index (χ0n) is 15.1. The van der Waals surface area contributed by atoms with Crippen LogP contribution in [0.3, 0.4) is 0 Å². The molecule has 0 aromatic heterocycles. The van der Waals surface area contributed by atoms with Gasteiger partial charge in [-0.05, 0) is 42.2 Å². The van der Waals surface area contributed by atoms with Crippen molar-refractivity contribution >= 4 is 5.91 Å². The van der Waals surface area contributed by atoms with Crippen LogP contribution in [0.5, 0.6) is 11.5 Å². The van der Waals surface area contributed by atoms with Gasteiger partial charge in [-0.3, -0.25) is 4.79 Å². The summed E-state index contributed by atoms with van der Waals surface area (Å²) in [6, 6.07) is 15.5. The first-order chi connectivity index (χ1) is 13.2. The fourth-order valence-corrected chi connectivity index (χ4v) is 2.75. The Balaban J connectivity index is 1.49. The predicted octanol–water partition coefficient (Wildman–Crippen LogP) is 2.58. The van der Waals surface area contributed by atoms with Crippen LogP contribution >= 0.6 is 0 Å². The van der Waals surface area contributed by atoms with E-state index in [-0.39, 0.29) is 12.4 Å². The van der Waals surface area contributed by atoms with Crippen LogP contribution in [0, 0.1) is 18.3 Å². The van der Waals surface area contributed by atoms with Gasteiger partial charge in [0.15, 0.2) is 11.5 Å². The molecule has 0 atom stereocenters. The standard InChI is InChI=1S/C21H21N3O3/c1-15-4-2-3-5-17(15)8-9-23-13-18(11-22)21(25)24-12-16-6-7-19-20(10-16)27-14-26-19/h2-7,10,13,23H,8-9,12,14H2,1H3,(H,24,25)/b18-13-. The second kappa shape index (κ2) is 8.77. The molecular formula is C21H21N3O3. The maximum absolute atomic E-state index is 12.2. The van der Waals surface area contributed by atoms with E-state index in [2.05, 4.69) is 29.7 Å². The smallest absolute Gasteiger partial charge is 0.263 e. The Morgan fingerprint density at radius 3 is 2.85 bits per heavy atom. The number of nitriles is 1. The number of amides is 1. The van der Waals surface area contributed by atoms with E-state index >= 15 is 0 Å². The van der Waals surface area contributed by atoms with Crippen LogP contribution in [-0.2, 0) is 17.8 Å². The van der Waals surface area contributed by atoms with Crippen molar-refractivity contribution in [1.29, 1.82) is 5.26 Å². The molecule has 0 fully saturated rings. The number of carbonyl (C=O) groups is 1. The molecule has 0 spiro atoms. The largest absolute Gasteiger partial charge is 0.454 e. The molecule has 138 valence electrons. The first kappa shape index (κ1) is 18.3. The number of hydrogen-bond acceptors (Lipinski definition) is 5. The number of fused-ring (bicyclic) bond motifs is 1. The van der Waals surface area contributed by atoms with Crippen molar-refractivity contribution in [2.45, 2.75) is 19.9 Å². The highest BCUT2D eigenvalue weighted by Crippen LogP contribution is 2.32. The number of carbonyl (C=O) groups excluding carboxylic acids is 1. The number of rotatable bonds is 7. The van der Waals surface area contributed by atoms with Gasteiger partial charge >= 0.3 is 0 Å². The van der Waals surface area contributed by atoms with E-state index in [1.165, 1.54) is 17.3 Å². The van der Waals surface area contributed by atoms with Crippen molar-refractivity contribution in [1.82, 2.24) is 10.6 Å². The predicted molar refractivity (Wildman–Crippen MR) is 101 cm³/mol. The SMILES string of the molecule is Cc1ccccc1CCN/C=C(/C#N)C(=O)NCc1ccc2c(c1)OCO2. The van der Waals surface area contributed by atoms with Crippen molar-refractivity contribution in [3.63, 3.8) is 0 Å². The van der Waals surface area contributed by atoms with E-state index in [9.17, 15) is 10.1 Å². The van der Waals surface area contributed by atoms with Gasteiger partial charge in [-0.2, -0.15) is 5.26 Å². The Hall–Kier alpha value is -3.46. The Kier molecular flexibility index (Phi) is 5.95. The summed E-state index contributed by atoms with van der Waals surface area (Å²) in [5.41, 5.74) is 3.38. The molecule has 0 bridgehead atoms. The lowest BCUT2D eigenvalue weighted by molar-refractivity contribution is -0.117. The third-order valence-corrected chi connectivity index (χ3v) is 4.30. The topological polar surface area (TPSA) is 83.4 Å². The summed E-state index contributed by atoms with van der Waals surface area (Å²) in [5.74, 6) is 0.940. The summed E-state index contributed by atoms with van der Waals surface area (Å²) < 4.78 is 10.6. The average molecular weight is 363 g/mol. The Morgan fingerprint density at radius 1 is 1.22 bits per heavy atom. The van der Waals surface area contributed by atoms with Gasteiger partial charge in [-0.1, -0.05) is 30.3 Å². The molecule has 0 saturated carbocycles. The van der Waals surface area contributed by atoms with E-state index < -0.39 is 5.91 Å². The van der Waals surface area contributed by atoms with E-state index in [0.29, 0.717) is 24.6 Å². The van der Waals surface area contributed by atoms with Crippen molar-refractivity contribution in [3.8, 4) is 17.6 Å². The minimum atomic E-state index is -0.418. The highest BCUT2D eigenvalue weighted by Gasteiger charge is 2.14. The summed E-state index contributed by atoms with van der Waals surface area (Å²) in [7, 11) is 0. The van der Waals surface area contributed by atoms with Crippen molar-refractivity contribution < 1.29 is 14.3 Å². The third-order valence-electron chi connectivity index (χ3n) is 4.30. The molecule has 1 heterocycles. The quantitative estimate of drug-likeness (QED) is 0.449. The molecule has 0 saturated heterocycles. The fraction of sp³-hybridized carbons (Fsp3) is 0.238. The molecule has 2 aromatic rings. The minimum Gasteiger partial charge on any atom is -0.454 e. The molecule has 0 radical (unpaired) electrons. The maximum atomic E-state index is 12.2. The Bertz CT molecular complexity index is 900. The average Bonchev–Trinajstić information content (AvgIpc) is 3.15. The minimum absolute atomic E-state index is 0.0422. The molecule has 3 rings (SSSR count). The van der Waals surface area contributed by atoms with Crippen LogP contribution < -0.4 is 20.1 Å². The number of aryl methyl sites for hydroxylation is 1. The molecule has 6 heteroatoms. The fourth-order valence-electron chi connectivity index (χ4n) is 2.75. The molecule has 1 amide bonds. The first-order valence-electron chi connectivity index (χ1n) is 8.72. The molecular weight excluding hydrogens is 342 g/mol. The van der Waals surface area contributed by atoms with Crippen LogP contribution in [0.25, 0.3) is 0 Å². The van der Waals surface area contributed by atoms with Gasteiger partial charge in [0, 0.05) is 19.3 Å². The van der Waals surface area contributed by atoms with Crippen molar-refractivity contribution in [2.24, 2.45) is 0 Å². The highest BCUT2D eigenvalue weighted by atomic mass is 16.7. The number of nitrogens with zero attached hydrogens (tertiary/aromatic N) is 1. The van der Waals surface area contributed by atoms with Gasteiger partial charge in [0.05, 0.1) is 0 Å². The van der Waals surface area contributed by atoms with Crippen LogP contribution in [0.2, 0.25) is 0 Å². The molecule has 1 aliphatic heterocycles. The number of benzene rings is 2. The van der Waals surface area contributed by atoms with E-state index in [0.717, 1.165) is 12.0 Å². The molecule has 27 heavy (non-hydrogen) atoms. The number of nitrogens with one attached hydrogen (secondary N) is 2. The molecule has 2 N–H and O–H groups in total. The molecule has 6 nitrogen and oxygen atoms in total. The van der Waals surface area contributed by atoms with E-state index in [1.807, 2.05) is 30.3 Å². The van der Waals surface area contributed by atoms with Gasteiger partial charge in [-0.15, -0.1) is 0 Å². The summed E-state index contributed by atoms with van der Waals surface area (Å²) in [6.45, 7) is 3.22. The lowest BCUT2D eigenvalue weighted by Gasteiger charge is -2.07. The Labute approximate surface area is 158 Å². The van der Waals surface area contributed by atoms with Crippen LogP contribution in [0.15, 0.2) is 54.2 Å². The monoisotopic (exact) mass is 363 g/mol. The van der Waals surface area contributed by atoms with Crippen molar-refractivity contribution in [2.75, 3.05) is 13.3 Å². The van der Waals surface area contributed by atoms with Crippen molar-refractivity contribution in [3.05, 3.63) is 70.9 Å².